The Kier molecular flexibility index (Phi) is 5.94. The van der Waals surface area contributed by atoms with Crippen LogP contribution in [0.3, 0.4) is 0 Å². The minimum atomic E-state index is -0.606. The summed E-state index contributed by atoms with van der Waals surface area (Å²) < 4.78 is 6.42. The van der Waals surface area contributed by atoms with Gasteiger partial charge >= 0.3 is 0 Å². The van der Waals surface area contributed by atoms with Gasteiger partial charge in [-0.05, 0) is 42.8 Å². The smallest absolute Gasteiger partial charge is 0.261 e. The van der Waals surface area contributed by atoms with Crippen molar-refractivity contribution in [3.63, 3.8) is 0 Å². The van der Waals surface area contributed by atoms with Crippen molar-refractivity contribution in [3.05, 3.63) is 64.7 Å². The molecule has 31 heavy (non-hydrogen) atoms. The van der Waals surface area contributed by atoms with Crippen LogP contribution in [0.2, 0.25) is 0 Å². The highest BCUT2D eigenvalue weighted by atomic mass is 32.2. The highest BCUT2D eigenvalue weighted by Crippen LogP contribution is 2.23. The molecule has 9 heteroatoms. The van der Waals surface area contributed by atoms with Crippen LogP contribution in [0.25, 0.3) is 10.9 Å². The van der Waals surface area contributed by atoms with E-state index in [1.807, 2.05) is 13.0 Å². The Balaban J connectivity index is 1.49. The van der Waals surface area contributed by atoms with Crippen LogP contribution in [-0.4, -0.2) is 51.0 Å². The summed E-state index contributed by atoms with van der Waals surface area (Å²) in [6, 6.07) is 11.8. The molecule has 1 aliphatic rings. The van der Waals surface area contributed by atoms with Crippen LogP contribution in [-0.2, 0) is 16.1 Å². The first-order valence-electron chi connectivity index (χ1n) is 9.75. The molecule has 0 bridgehead atoms. The van der Waals surface area contributed by atoms with Gasteiger partial charge in [0.15, 0.2) is 0 Å². The standard InChI is InChI=1S/C22H22N4O4S/c1-14-4-3-5-17-20(14)23-12-25(22(17)29)10-19(27)26-13-31-11-18(26)21(28)24-15-6-8-16(30-2)9-7-15/h3-9,12,18H,10-11,13H2,1-2H3,(H,24,28). The predicted molar refractivity (Wildman–Crippen MR) is 120 cm³/mol. The topological polar surface area (TPSA) is 93.5 Å². The number of nitrogens with one attached hydrogen (secondary N) is 1. The lowest BCUT2D eigenvalue weighted by atomic mass is 10.1. The average Bonchev–Trinajstić information content (AvgIpc) is 3.27. The number of aromatic nitrogens is 2. The van der Waals surface area contributed by atoms with Crippen LogP contribution in [0.5, 0.6) is 5.75 Å². The fourth-order valence-electron chi connectivity index (χ4n) is 3.49. The largest absolute Gasteiger partial charge is 0.497 e. The van der Waals surface area contributed by atoms with E-state index in [0.29, 0.717) is 34.0 Å². The maximum Gasteiger partial charge on any atom is 0.261 e. The summed E-state index contributed by atoms with van der Waals surface area (Å²) in [5, 5.41) is 3.32. The monoisotopic (exact) mass is 438 g/mol. The molecule has 2 heterocycles. The molecule has 3 aromatic rings. The Morgan fingerprint density at radius 1 is 1.23 bits per heavy atom. The lowest BCUT2D eigenvalue weighted by Crippen LogP contribution is -2.46. The van der Waals surface area contributed by atoms with E-state index in [-0.39, 0.29) is 23.9 Å². The van der Waals surface area contributed by atoms with Crippen LogP contribution >= 0.6 is 11.8 Å². The predicted octanol–water partition coefficient (Wildman–Crippen LogP) is 2.25. The molecule has 2 aromatic carbocycles. The van der Waals surface area contributed by atoms with Gasteiger partial charge in [0.2, 0.25) is 11.8 Å². The fourth-order valence-corrected chi connectivity index (χ4v) is 4.67. The molecule has 0 radical (unpaired) electrons. The number of ether oxygens (including phenoxy) is 1. The summed E-state index contributed by atoms with van der Waals surface area (Å²) in [7, 11) is 1.57. The van der Waals surface area contributed by atoms with Crippen LogP contribution in [0.4, 0.5) is 5.69 Å². The van der Waals surface area contributed by atoms with E-state index in [0.717, 1.165) is 5.56 Å². The Bertz CT molecular complexity index is 1190. The van der Waals surface area contributed by atoms with Crippen molar-refractivity contribution < 1.29 is 14.3 Å². The summed E-state index contributed by atoms with van der Waals surface area (Å²) in [5.41, 5.74) is 1.89. The normalized spacial score (nSPS) is 15.8. The van der Waals surface area contributed by atoms with Crippen LogP contribution in [0.1, 0.15) is 5.56 Å². The van der Waals surface area contributed by atoms with Crippen molar-refractivity contribution in [3.8, 4) is 5.75 Å². The summed E-state index contributed by atoms with van der Waals surface area (Å²) in [6.45, 7) is 1.72. The second kappa shape index (κ2) is 8.81. The zero-order valence-corrected chi connectivity index (χ0v) is 18.0. The Labute approximate surface area is 183 Å². The van der Waals surface area contributed by atoms with E-state index in [1.165, 1.54) is 27.6 Å². The van der Waals surface area contributed by atoms with E-state index < -0.39 is 6.04 Å². The number of hydrogen-bond acceptors (Lipinski definition) is 6. The maximum atomic E-state index is 12.9. The van der Waals surface area contributed by atoms with Crippen molar-refractivity contribution in [2.45, 2.75) is 19.5 Å². The number of amides is 2. The van der Waals surface area contributed by atoms with E-state index in [1.54, 1.807) is 43.5 Å². The van der Waals surface area contributed by atoms with Gasteiger partial charge in [-0.2, -0.15) is 0 Å². The van der Waals surface area contributed by atoms with Gasteiger partial charge in [0.05, 0.1) is 30.2 Å². The Morgan fingerprint density at radius 3 is 2.74 bits per heavy atom. The number of carbonyl (C=O) groups excluding carboxylic acids is 2. The highest BCUT2D eigenvalue weighted by Gasteiger charge is 2.34. The summed E-state index contributed by atoms with van der Waals surface area (Å²) in [4.78, 5) is 44.4. The van der Waals surface area contributed by atoms with Crippen molar-refractivity contribution in [2.24, 2.45) is 0 Å². The van der Waals surface area contributed by atoms with Crippen molar-refractivity contribution in [2.75, 3.05) is 24.1 Å². The molecule has 0 aliphatic carbocycles. The average molecular weight is 439 g/mol. The van der Waals surface area contributed by atoms with Gasteiger partial charge in [0.1, 0.15) is 18.3 Å². The number of thioether (sulfide) groups is 1. The van der Waals surface area contributed by atoms with Gasteiger partial charge in [-0.1, -0.05) is 12.1 Å². The third-order valence-corrected chi connectivity index (χ3v) is 6.24. The molecule has 1 aliphatic heterocycles. The number of fused-ring (bicyclic) bond motifs is 1. The van der Waals surface area contributed by atoms with Crippen molar-refractivity contribution in [1.82, 2.24) is 14.5 Å². The minimum Gasteiger partial charge on any atom is -0.497 e. The molecule has 0 spiro atoms. The van der Waals surface area contributed by atoms with E-state index in [9.17, 15) is 14.4 Å². The first-order chi connectivity index (χ1) is 15.0. The number of hydrogen-bond donors (Lipinski definition) is 1. The summed E-state index contributed by atoms with van der Waals surface area (Å²) >= 11 is 1.50. The fraction of sp³-hybridized carbons (Fsp3) is 0.273. The number of anilines is 1. The Morgan fingerprint density at radius 2 is 2.00 bits per heavy atom. The van der Waals surface area contributed by atoms with Crippen molar-refractivity contribution >= 4 is 40.2 Å². The van der Waals surface area contributed by atoms with Gasteiger partial charge in [-0.25, -0.2) is 4.98 Å². The molecule has 1 saturated heterocycles. The van der Waals surface area contributed by atoms with Gasteiger partial charge < -0.3 is 15.0 Å². The van der Waals surface area contributed by atoms with Crippen LogP contribution in [0.15, 0.2) is 53.6 Å². The van der Waals surface area contributed by atoms with Gasteiger partial charge in [0, 0.05) is 11.4 Å². The number of para-hydroxylation sites is 1. The first-order valence-corrected chi connectivity index (χ1v) is 10.9. The van der Waals surface area contributed by atoms with E-state index in [2.05, 4.69) is 10.3 Å². The molecule has 1 unspecified atom stereocenters. The molecule has 0 saturated carbocycles. The number of carbonyl (C=O) groups is 2. The van der Waals surface area contributed by atoms with Gasteiger partial charge in [-0.15, -0.1) is 11.8 Å². The van der Waals surface area contributed by atoms with Gasteiger partial charge in [-0.3, -0.25) is 19.0 Å². The number of aryl methyl sites for hydroxylation is 1. The maximum absolute atomic E-state index is 12.9. The molecule has 1 N–H and O–H groups in total. The molecule has 160 valence electrons. The highest BCUT2D eigenvalue weighted by molar-refractivity contribution is 7.99. The van der Waals surface area contributed by atoms with Crippen LogP contribution < -0.4 is 15.6 Å². The zero-order valence-electron chi connectivity index (χ0n) is 17.2. The molecule has 4 rings (SSSR count). The molecule has 1 fully saturated rings. The van der Waals surface area contributed by atoms with Crippen molar-refractivity contribution in [1.29, 1.82) is 0 Å². The second-order valence-electron chi connectivity index (χ2n) is 7.25. The molecule has 1 aromatic heterocycles. The molecule has 8 nitrogen and oxygen atoms in total. The molecular weight excluding hydrogens is 416 g/mol. The number of nitrogens with zero attached hydrogens (tertiary/aromatic N) is 3. The molecular formula is C22H22N4O4S. The molecule has 1 atom stereocenters. The van der Waals surface area contributed by atoms with Crippen LogP contribution in [0, 0.1) is 6.92 Å². The lowest BCUT2D eigenvalue weighted by molar-refractivity contribution is -0.136. The number of rotatable bonds is 5. The SMILES string of the molecule is COc1ccc(NC(=O)C2CSCN2C(=O)Cn2cnc3c(C)cccc3c2=O)cc1. The van der Waals surface area contributed by atoms with E-state index in [4.69, 9.17) is 4.74 Å². The second-order valence-corrected chi connectivity index (χ2v) is 8.25. The van der Waals surface area contributed by atoms with Gasteiger partial charge in [0.25, 0.3) is 5.56 Å². The minimum absolute atomic E-state index is 0.164. The number of methoxy groups -OCH3 is 1. The summed E-state index contributed by atoms with van der Waals surface area (Å²) in [5.74, 6) is 1.03. The molecule has 2 amide bonds. The quantitative estimate of drug-likeness (QED) is 0.657. The first kappa shape index (κ1) is 20.9. The lowest BCUT2D eigenvalue weighted by Gasteiger charge is -2.23. The summed E-state index contributed by atoms with van der Waals surface area (Å²) in [6.07, 6.45) is 1.39. The zero-order chi connectivity index (χ0) is 22.0. The third kappa shape index (κ3) is 4.27. The van der Waals surface area contributed by atoms with E-state index >= 15 is 0 Å². The number of benzene rings is 2. The Hall–Kier alpha value is -3.33. The third-order valence-electron chi connectivity index (χ3n) is 5.22.